The van der Waals surface area contributed by atoms with E-state index in [-0.39, 0.29) is 0 Å². The summed E-state index contributed by atoms with van der Waals surface area (Å²) in [5.74, 6) is -2.22. The zero-order valence-corrected chi connectivity index (χ0v) is 8.67. The van der Waals surface area contributed by atoms with Crippen LogP contribution >= 0.6 is 0 Å². The van der Waals surface area contributed by atoms with Crippen molar-refractivity contribution in [1.82, 2.24) is 0 Å². The molecule has 0 fully saturated rings. The molecule has 0 saturated carbocycles. The smallest absolute Gasteiger partial charge is 0.219 e. The molecule has 0 aliphatic heterocycles. The molecule has 0 bridgehead atoms. The molecule has 0 atom stereocenters. The van der Waals surface area contributed by atoms with E-state index in [0.717, 1.165) is 11.1 Å². The standard InChI is InChI=1S/C12H14N2O2/c13-11(14)8-10(6-7-12(11,15)16)9-4-2-1-3-5-9/h1-8,15-16H,13-14H2. The van der Waals surface area contributed by atoms with Crippen LogP contribution in [0.25, 0.3) is 5.57 Å². The van der Waals surface area contributed by atoms with Gasteiger partial charge < -0.3 is 21.7 Å². The Kier molecular flexibility index (Phi) is 2.44. The normalized spacial score (nSPS) is 21.6. The zero-order valence-electron chi connectivity index (χ0n) is 8.67. The zero-order chi connectivity index (χ0) is 11.8. The first-order valence-electron chi connectivity index (χ1n) is 4.92. The molecule has 0 spiro atoms. The molecule has 0 heterocycles. The van der Waals surface area contributed by atoms with Crippen molar-refractivity contribution in [3.05, 3.63) is 54.1 Å². The van der Waals surface area contributed by atoms with E-state index in [2.05, 4.69) is 0 Å². The van der Waals surface area contributed by atoms with Crippen molar-refractivity contribution < 1.29 is 10.2 Å². The van der Waals surface area contributed by atoms with Crippen LogP contribution in [0.4, 0.5) is 0 Å². The van der Waals surface area contributed by atoms with E-state index >= 15 is 0 Å². The number of rotatable bonds is 1. The van der Waals surface area contributed by atoms with Gasteiger partial charge in [-0.1, -0.05) is 36.4 Å². The fraction of sp³-hybridized carbons (Fsp3) is 0.167. The van der Waals surface area contributed by atoms with E-state index in [4.69, 9.17) is 11.5 Å². The first kappa shape index (κ1) is 11.0. The van der Waals surface area contributed by atoms with Gasteiger partial charge in [0.2, 0.25) is 5.79 Å². The van der Waals surface area contributed by atoms with E-state index in [0.29, 0.717) is 0 Å². The van der Waals surface area contributed by atoms with Crippen molar-refractivity contribution in [1.29, 1.82) is 0 Å². The quantitative estimate of drug-likeness (QED) is 0.497. The lowest BCUT2D eigenvalue weighted by atomic mass is 9.89. The number of hydrogen-bond acceptors (Lipinski definition) is 4. The first-order chi connectivity index (χ1) is 7.42. The maximum Gasteiger partial charge on any atom is 0.219 e. The van der Waals surface area contributed by atoms with Gasteiger partial charge in [-0.25, -0.2) is 0 Å². The Balaban J connectivity index is 2.41. The van der Waals surface area contributed by atoms with Crippen LogP contribution in [0.15, 0.2) is 48.6 Å². The molecular formula is C12H14N2O2. The topological polar surface area (TPSA) is 92.5 Å². The van der Waals surface area contributed by atoms with E-state index in [1.165, 1.54) is 12.2 Å². The molecule has 16 heavy (non-hydrogen) atoms. The number of hydrogen-bond donors (Lipinski definition) is 4. The van der Waals surface area contributed by atoms with Gasteiger partial charge >= 0.3 is 0 Å². The number of aliphatic hydroxyl groups is 2. The molecule has 4 nitrogen and oxygen atoms in total. The molecule has 0 unspecified atom stereocenters. The second-order valence-electron chi connectivity index (χ2n) is 3.96. The largest absolute Gasteiger partial charge is 0.360 e. The first-order valence-corrected chi connectivity index (χ1v) is 4.92. The molecule has 2 rings (SSSR count). The van der Waals surface area contributed by atoms with Crippen molar-refractivity contribution in [3.8, 4) is 0 Å². The molecule has 1 aromatic rings. The number of allylic oxidation sites excluding steroid dienone is 2. The van der Waals surface area contributed by atoms with E-state index < -0.39 is 11.4 Å². The van der Waals surface area contributed by atoms with Crippen LogP contribution in [0.5, 0.6) is 0 Å². The van der Waals surface area contributed by atoms with Gasteiger partial charge in [-0.3, -0.25) is 0 Å². The highest BCUT2D eigenvalue weighted by Gasteiger charge is 2.42. The third kappa shape index (κ3) is 1.79. The SMILES string of the molecule is NC1(N)C=C(c2ccccc2)C=CC1(O)O. The Morgan fingerprint density at radius 3 is 2.19 bits per heavy atom. The summed E-state index contributed by atoms with van der Waals surface area (Å²) in [5.41, 5.74) is 11.3. The maximum atomic E-state index is 9.54. The lowest BCUT2D eigenvalue weighted by Gasteiger charge is -2.36. The fourth-order valence-electron chi connectivity index (χ4n) is 1.57. The Bertz CT molecular complexity index is 447. The third-order valence-corrected chi connectivity index (χ3v) is 2.63. The second-order valence-corrected chi connectivity index (χ2v) is 3.96. The van der Waals surface area contributed by atoms with Crippen LogP contribution < -0.4 is 11.5 Å². The van der Waals surface area contributed by atoms with Crippen molar-refractivity contribution in [2.24, 2.45) is 11.5 Å². The lowest BCUT2D eigenvalue weighted by Crippen LogP contribution is -2.65. The summed E-state index contributed by atoms with van der Waals surface area (Å²) < 4.78 is 0. The minimum Gasteiger partial charge on any atom is -0.360 e. The van der Waals surface area contributed by atoms with Crippen molar-refractivity contribution >= 4 is 5.57 Å². The van der Waals surface area contributed by atoms with Crippen LogP contribution in [-0.4, -0.2) is 21.7 Å². The summed E-state index contributed by atoms with van der Waals surface area (Å²) in [6.07, 6.45) is 4.23. The van der Waals surface area contributed by atoms with Gasteiger partial charge in [0, 0.05) is 0 Å². The monoisotopic (exact) mass is 218 g/mol. The van der Waals surface area contributed by atoms with Gasteiger partial charge in [0.15, 0.2) is 0 Å². The molecule has 84 valence electrons. The molecule has 1 aliphatic carbocycles. The van der Waals surface area contributed by atoms with Gasteiger partial charge in [0.25, 0.3) is 0 Å². The summed E-state index contributed by atoms with van der Waals surface area (Å²) in [6, 6.07) is 9.47. The number of benzene rings is 1. The molecular weight excluding hydrogens is 204 g/mol. The van der Waals surface area contributed by atoms with Gasteiger partial charge in [-0.2, -0.15) is 0 Å². The summed E-state index contributed by atoms with van der Waals surface area (Å²) in [5, 5.41) is 19.1. The third-order valence-electron chi connectivity index (χ3n) is 2.63. The molecule has 0 amide bonds. The maximum absolute atomic E-state index is 9.54. The van der Waals surface area contributed by atoms with Gasteiger partial charge in [0.05, 0.1) is 0 Å². The summed E-state index contributed by atoms with van der Waals surface area (Å²) in [6.45, 7) is 0. The molecule has 0 saturated heterocycles. The summed E-state index contributed by atoms with van der Waals surface area (Å²) in [4.78, 5) is 0. The molecule has 0 aromatic heterocycles. The van der Waals surface area contributed by atoms with Crippen molar-refractivity contribution in [2.45, 2.75) is 11.4 Å². The van der Waals surface area contributed by atoms with Gasteiger partial charge in [-0.05, 0) is 23.3 Å². The number of nitrogens with two attached hydrogens (primary N) is 2. The Morgan fingerprint density at radius 1 is 1.00 bits per heavy atom. The molecule has 4 heteroatoms. The van der Waals surface area contributed by atoms with Crippen LogP contribution in [0.3, 0.4) is 0 Å². The minimum absolute atomic E-state index is 0.768. The van der Waals surface area contributed by atoms with Crippen LogP contribution in [0, 0.1) is 0 Å². The Morgan fingerprint density at radius 2 is 1.62 bits per heavy atom. The second kappa shape index (κ2) is 3.54. The van der Waals surface area contributed by atoms with Crippen molar-refractivity contribution in [2.75, 3.05) is 0 Å². The summed E-state index contributed by atoms with van der Waals surface area (Å²) in [7, 11) is 0. The minimum atomic E-state index is -2.22. The van der Waals surface area contributed by atoms with Crippen LogP contribution in [-0.2, 0) is 0 Å². The van der Waals surface area contributed by atoms with Gasteiger partial charge in [-0.15, -0.1) is 0 Å². The predicted octanol–water partition coefficient (Wildman–Crippen LogP) is -0.0656. The van der Waals surface area contributed by atoms with E-state index in [9.17, 15) is 10.2 Å². The average Bonchev–Trinajstić information content (AvgIpc) is 2.23. The molecule has 1 aromatic carbocycles. The summed E-state index contributed by atoms with van der Waals surface area (Å²) >= 11 is 0. The Labute approximate surface area is 93.5 Å². The molecule has 0 radical (unpaired) electrons. The molecule has 6 N–H and O–H groups in total. The van der Waals surface area contributed by atoms with Crippen molar-refractivity contribution in [3.63, 3.8) is 0 Å². The highest BCUT2D eigenvalue weighted by Crippen LogP contribution is 2.28. The van der Waals surface area contributed by atoms with Gasteiger partial charge in [0.1, 0.15) is 5.66 Å². The van der Waals surface area contributed by atoms with Crippen LogP contribution in [0.1, 0.15) is 5.56 Å². The highest BCUT2D eigenvalue weighted by molar-refractivity contribution is 5.76. The van der Waals surface area contributed by atoms with Crippen LogP contribution in [0.2, 0.25) is 0 Å². The predicted molar refractivity (Wildman–Crippen MR) is 61.8 cm³/mol. The Hall–Kier alpha value is -1.46. The molecule has 1 aliphatic rings. The van der Waals surface area contributed by atoms with E-state index in [1.807, 2.05) is 30.3 Å². The highest BCUT2D eigenvalue weighted by atomic mass is 16.5. The lowest BCUT2D eigenvalue weighted by molar-refractivity contribution is -0.156. The average molecular weight is 218 g/mol. The fourth-order valence-corrected chi connectivity index (χ4v) is 1.57. The van der Waals surface area contributed by atoms with E-state index in [1.54, 1.807) is 6.08 Å².